The van der Waals surface area contributed by atoms with E-state index in [4.69, 9.17) is 5.11 Å². The highest BCUT2D eigenvalue weighted by molar-refractivity contribution is 4.89. The Balaban J connectivity index is 3.60. The van der Waals surface area contributed by atoms with Gasteiger partial charge in [-0.2, -0.15) is 0 Å². The molecule has 0 saturated heterocycles. The predicted molar refractivity (Wildman–Crippen MR) is 41.7 cm³/mol. The van der Waals surface area contributed by atoms with Crippen molar-refractivity contribution in [1.82, 2.24) is 0 Å². The molecule has 2 nitrogen and oxygen atoms in total. The quantitative estimate of drug-likeness (QED) is 0.576. The molecule has 0 saturated carbocycles. The smallest absolute Gasteiger partial charge is 0.0768 e. The molecule has 0 aliphatic heterocycles. The average Bonchev–Trinajstić information content (AvgIpc) is 1.98. The second-order valence-corrected chi connectivity index (χ2v) is 2.49. The number of allylic oxidation sites excluding steroid dienone is 1. The lowest BCUT2D eigenvalue weighted by atomic mass is 10.1. The van der Waals surface area contributed by atoms with E-state index in [0.29, 0.717) is 0 Å². The molecule has 0 aliphatic rings. The minimum atomic E-state index is -0.495. The topological polar surface area (TPSA) is 40.5 Å². The van der Waals surface area contributed by atoms with E-state index < -0.39 is 6.10 Å². The van der Waals surface area contributed by atoms with Crippen LogP contribution in [0.4, 0.5) is 0 Å². The van der Waals surface area contributed by atoms with Crippen LogP contribution >= 0.6 is 0 Å². The van der Waals surface area contributed by atoms with Crippen molar-refractivity contribution in [2.75, 3.05) is 6.61 Å². The van der Waals surface area contributed by atoms with Crippen LogP contribution in [0.3, 0.4) is 0 Å². The summed E-state index contributed by atoms with van der Waals surface area (Å²) in [5, 5.41) is 17.8. The van der Waals surface area contributed by atoms with E-state index in [1.165, 1.54) is 0 Å². The van der Waals surface area contributed by atoms with E-state index in [1.807, 2.05) is 19.9 Å². The van der Waals surface area contributed by atoms with Gasteiger partial charge in [0.1, 0.15) is 0 Å². The van der Waals surface area contributed by atoms with Crippen molar-refractivity contribution in [1.29, 1.82) is 0 Å². The zero-order valence-corrected chi connectivity index (χ0v) is 6.62. The lowest BCUT2D eigenvalue weighted by molar-refractivity contribution is 0.111. The fourth-order valence-electron chi connectivity index (χ4n) is 0.573. The minimum absolute atomic E-state index is 0.0369. The van der Waals surface area contributed by atoms with E-state index in [9.17, 15) is 5.11 Å². The van der Waals surface area contributed by atoms with Gasteiger partial charge >= 0.3 is 0 Å². The molecule has 2 heteroatoms. The highest BCUT2D eigenvalue weighted by atomic mass is 16.3. The Kier molecular flexibility index (Phi) is 5.26. The van der Waals surface area contributed by atoms with E-state index >= 15 is 0 Å². The molecule has 2 N–H and O–H groups in total. The van der Waals surface area contributed by atoms with Crippen LogP contribution in [0.25, 0.3) is 0 Å². The summed E-state index contributed by atoms with van der Waals surface area (Å²) in [6, 6.07) is 0. The number of rotatable bonds is 4. The summed E-state index contributed by atoms with van der Waals surface area (Å²) < 4.78 is 0. The van der Waals surface area contributed by atoms with Gasteiger partial charge in [0.25, 0.3) is 0 Å². The predicted octanol–water partition coefficient (Wildman–Crippen LogP) is 0.942. The lowest BCUT2D eigenvalue weighted by Crippen LogP contribution is -2.17. The van der Waals surface area contributed by atoms with Crippen molar-refractivity contribution in [3.05, 3.63) is 12.2 Å². The molecule has 0 aliphatic carbocycles. The Labute approximate surface area is 62.2 Å². The number of hydrogen-bond donors (Lipinski definition) is 2. The maximum Gasteiger partial charge on any atom is 0.0768 e. The van der Waals surface area contributed by atoms with Gasteiger partial charge in [-0.15, -0.1) is 0 Å². The molecular formula is C8H16O2. The molecule has 0 rings (SSSR count). The van der Waals surface area contributed by atoms with Crippen LogP contribution in [0, 0.1) is 5.92 Å². The summed E-state index contributed by atoms with van der Waals surface area (Å²) in [6.07, 6.45) is 4.05. The van der Waals surface area contributed by atoms with Gasteiger partial charge in [-0.05, 0) is 6.42 Å². The molecule has 0 bridgehead atoms. The van der Waals surface area contributed by atoms with Gasteiger partial charge in [-0.3, -0.25) is 0 Å². The third kappa shape index (κ3) is 3.64. The van der Waals surface area contributed by atoms with Crippen molar-refractivity contribution in [3.8, 4) is 0 Å². The van der Waals surface area contributed by atoms with Crippen molar-refractivity contribution >= 4 is 0 Å². The molecule has 0 heterocycles. The first-order chi connectivity index (χ1) is 4.72. The Morgan fingerprint density at radius 3 is 2.50 bits per heavy atom. The third-order valence-electron chi connectivity index (χ3n) is 1.44. The molecule has 10 heavy (non-hydrogen) atoms. The van der Waals surface area contributed by atoms with Gasteiger partial charge in [0.2, 0.25) is 0 Å². The fraction of sp³-hybridized carbons (Fsp3) is 0.750. The Bertz CT molecular complexity index is 99.4. The number of aliphatic hydroxyl groups excluding tert-OH is 2. The summed E-state index contributed by atoms with van der Waals surface area (Å²) in [6.45, 7) is 3.85. The molecule has 60 valence electrons. The fourth-order valence-corrected chi connectivity index (χ4v) is 0.573. The van der Waals surface area contributed by atoms with E-state index in [1.54, 1.807) is 6.08 Å². The largest absolute Gasteiger partial charge is 0.396 e. The molecule has 0 aromatic heterocycles. The molecule has 0 amide bonds. The second-order valence-electron chi connectivity index (χ2n) is 2.49. The SMILES string of the molecule is CC/C=C/C(O)C(C)CO. The highest BCUT2D eigenvalue weighted by Gasteiger charge is 2.07. The molecule has 0 aromatic carbocycles. The van der Waals surface area contributed by atoms with Crippen LogP contribution in [-0.2, 0) is 0 Å². The maximum atomic E-state index is 9.20. The van der Waals surface area contributed by atoms with Crippen LogP contribution < -0.4 is 0 Å². The van der Waals surface area contributed by atoms with Crippen LogP contribution in [0.1, 0.15) is 20.3 Å². The summed E-state index contributed by atoms with van der Waals surface area (Å²) in [7, 11) is 0. The molecule has 2 atom stereocenters. The average molecular weight is 144 g/mol. The van der Waals surface area contributed by atoms with E-state index in [0.717, 1.165) is 6.42 Å². The van der Waals surface area contributed by atoms with Crippen LogP contribution in [-0.4, -0.2) is 22.9 Å². The Hall–Kier alpha value is -0.340. The first kappa shape index (κ1) is 9.66. The lowest BCUT2D eigenvalue weighted by Gasteiger charge is -2.11. The Morgan fingerprint density at radius 2 is 2.10 bits per heavy atom. The van der Waals surface area contributed by atoms with Crippen molar-refractivity contribution in [2.24, 2.45) is 5.92 Å². The van der Waals surface area contributed by atoms with Crippen molar-refractivity contribution < 1.29 is 10.2 Å². The first-order valence-electron chi connectivity index (χ1n) is 3.68. The van der Waals surface area contributed by atoms with Gasteiger partial charge in [0.15, 0.2) is 0 Å². The van der Waals surface area contributed by atoms with Gasteiger partial charge in [0.05, 0.1) is 6.10 Å². The maximum absolute atomic E-state index is 9.20. The van der Waals surface area contributed by atoms with Crippen molar-refractivity contribution in [2.45, 2.75) is 26.4 Å². The normalized spacial score (nSPS) is 17.6. The van der Waals surface area contributed by atoms with Gasteiger partial charge < -0.3 is 10.2 Å². The van der Waals surface area contributed by atoms with Gasteiger partial charge in [-0.1, -0.05) is 26.0 Å². The summed E-state index contributed by atoms with van der Waals surface area (Å²) in [5.41, 5.74) is 0. The number of hydrogen-bond acceptors (Lipinski definition) is 2. The zero-order valence-electron chi connectivity index (χ0n) is 6.62. The van der Waals surface area contributed by atoms with Crippen LogP contribution in [0.2, 0.25) is 0 Å². The monoisotopic (exact) mass is 144 g/mol. The first-order valence-corrected chi connectivity index (χ1v) is 3.68. The van der Waals surface area contributed by atoms with E-state index in [-0.39, 0.29) is 12.5 Å². The molecule has 0 spiro atoms. The number of aliphatic hydroxyl groups is 2. The minimum Gasteiger partial charge on any atom is -0.396 e. The Morgan fingerprint density at radius 1 is 1.50 bits per heavy atom. The highest BCUT2D eigenvalue weighted by Crippen LogP contribution is 2.02. The zero-order chi connectivity index (χ0) is 7.98. The van der Waals surface area contributed by atoms with Crippen LogP contribution in [0.15, 0.2) is 12.2 Å². The molecular weight excluding hydrogens is 128 g/mol. The van der Waals surface area contributed by atoms with Crippen LogP contribution in [0.5, 0.6) is 0 Å². The third-order valence-corrected chi connectivity index (χ3v) is 1.44. The molecule has 0 aromatic rings. The molecule has 2 unspecified atom stereocenters. The standard InChI is InChI=1S/C8H16O2/c1-3-4-5-8(10)7(2)6-9/h4-5,7-10H,3,6H2,1-2H3/b5-4+. The molecule has 0 fully saturated rings. The summed E-state index contributed by atoms with van der Waals surface area (Å²) >= 11 is 0. The summed E-state index contributed by atoms with van der Waals surface area (Å²) in [5.74, 6) is -0.0530. The molecule has 0 radical (unpaired) electrons. The second kappa shape index (κ2) is 5.45. The van der Waals surface area contributed by atoms with E-state index in [2.05, 4.69) is 0 Å². The van der Waals surface area contributed by atoms with Gasteiger partial charge in [-0.25, -0.2) is 0 Å². The summed E-state index contributed by atoms with van der Waals surface area (Å²) in [4.78, 5) is 0. The van der Waals surface area contributed by atoms with Gasteiger partial charge in [0, 0.05) is 12.5 Å². The van der Waals surface area contributed by atoms with Crippen molar-refractivity contribution in [3.63, 3.8) is 0 Å².